The van der Waals surface area contributed by atoms with E-state index in [0.29, 0.717) is 12.1 Å². The van der Waals surface area contributed by atoms with Crippen LogP contribution in [0, 0.1) is 0 Å². The molecule has 0 radical (unpaired) electrons. The van der Waals surface area contributed by atoms with Gasteiger partial charge in [-0.2, -0.15) is 0 Å². The van der Waals surface area contributed by atoms with Gasteiger partial charge in [-0.1, -0.05) is 0 Å². The minimum absolute atomic E-state index is 0. The van der Waals surface area contributed by atoms with E-state index in [1.807, 2.05) is 12.1 Å². The zero-order chi connectivity index (χ0) is 12.8. The molecule has 4 heteroatoms. The third-order valence-corrected chi connectivity index (χ3v) is 3.24. The van der Waals surface area contributed by atoms with E-state index in [1.165, 1.54) is 12.0 Å². The van der Waals surface area contributed by atoms with E-state index >= 15 is 0 Å². The normalized spacial score (nSPS) is 10.6. The predicted octanol–water partition coefficient (Wildman–Crippen LogP) is 2.18. The molecule has 3 nitrogen and oxygen atoms in total. The largest absolute Gasteiger partial charge is 0.870 e. The first kappa shape index (κ1) is 20.5. The third-order valence-electron chi connectivity index (χ3n) is 3.24. The molecule has 0 heterocycles. The van der Waals surface area contributed by atoms with Crippen molar-refractivity contribution in [3.8, 4) is 0 Å². The van der Waals surface area contributed by atoms with Gasteiger partial charge in [-0.25, -0.2) is 0 Å². The first-order valence-electron chi connectivity index (χ1n) is 6.61. The number of benzene rings is 1. The van der Waals surface area contributed by atoms with E-state index in [1.54, 1.807) is 0 Å². The van der Waals surface area contributed by atoms with E-state index in [0.717, 1.165) is 18.4 Å². The molecule has 0 saturated carbocycles. The van der Waals surface area contributed by atoms with Crippen LogP contribution in [-0.4, -0.2) is 42.3 Å². The van der Waals surface area contributed by atoms with Crippen LogP contribution in [-0.2, 0) is 6.42 Å². The Hall–Kier alpha value is -0.835. The van der Waals surface area contributed by atoms with E-state index < -0.39 is 0 Å². The van der Waals surface area contributed by atoms with Crippen molar-refractivity contribution in [3.63, 3.8) is 0 Å². The molecule has 0 atom stereocenters. The molecule has 0 aliphatic carbocycles. The van der Waals surface area contributed by atoms with Gasteiger partial charge in [0.1, 0.15) is 0 Å². The fourth-order valence-corrected chi connectivity index (χ4v) is 2.33. The van der Waals surface area contributed by atoms with Crippen molar-refractivity contribution in [2.24, 2.45) is 0 Å². The molecule has 1 aromatic carbocycles. The standard InChI is InChI=1S/C15H24BN.2H2O/c1-12(2)17(13(3)4)11-7-9-14-8-5-6-10-15(14)16;;/h5-6,8,10,12-13H,7,9,11H2,1-4H3;2*1H2/q+2;;/p-2. The molecule has 19 heavy (non-hydrogen) atoms. The van der Waals surface area contributed by atoms with Crippen molar-refractivity contribution in [1.82, 2.24) is 4.90 Å². The molecule has 0 spiro atoms. The average Bonchev–Trinajstić information content (AvgIpc) is 2.25. The van der Waals surface area contributed by atoms with Crippen LogP contribution in [0.3, 0.4) is 0 Å². The summed E-state index contributed by atoms with van der Waals surface area (Å²) in [6, 6.07) is 9.40. The van der Waals surface area contributed by atoms with Crippen molar-refractivity contribution >= 4 is 13.3 Å². The maximum Gasteiger partial charge on any atom is -0.870 e. The fourth-order valence-electron chi connectivity index (χ4n) is 2.33. The first-order chi connectivity index (χ1) is 8.02. The van der Waals surface area contributed by atoms with E-state index in [4.69, 9.17) is 7.85 Å². The monoisotopic (exact) mass is 263 g/mol. The van der Waals surface area contributed by atoms with Crippen LogP contribution >= 0.6 is 0 Å². The van der Waals surface area contributed by atoms with Gasteiger partial charge in [0.05, 0.1) is 0 Å². The van der Waals surface area contributed by atoms with Crippen LogP contribution in [0.25, 0.3) is 0 Å². The second-order valence-corrected chi connectivity index (χ2v) is 5.23. The van der Waals surface area contributed by atoms with Gasteiger partial charge in [0.25, 0.3) is 0 Å². The summed E-state index contributed by atoms with van der Waals surface area (Å²) in [4.78, 5) is 2.53. The van der Waals surface area contributed by atoms with Crippen LogP contribution in [0.2, 0.25) is 0 Å². The molecule has 2 N–H and O–H groups in total. The van der Waals surface area contributed by atoms with Gasteiger partial charge in [-0.3, -0.25) is 0 Å². The van der Waals surface area contributed by atoms with Gasteiger partial charge in [0, 0.05) is 0 Å². The molecule has 0 aliphatic heterocycles. The Bertz CT molecular complexity index is 335. The van der Waals surface area contributed by atoms with Crippen molar-refractivity contribution in [2.75, 3.05) is 6.54 Å². The smallest absolute Gasteiger partial charge is 0.870 e. The minimum Gasteiger partial charge on any atom is -0.870 e. The van der Waals surface area contributed by atoms with Crippen molar-refractivity contribution in [2.45, 2.75) is 52.6 Å². The summed E-state index contributed by atoms with van der Waals surface area (Å²) in [5.41, 5.74) is 2.20. The zero-order valence-corrected chi connectivity index (χ0v) is 12.5. The van der Waals surface area contributed by atoms with Crippen molar-refractivity contribution < 1.29 is 11.0 Å². The van der Waals surface area contributed by atoms with E-state index in [9.17, 15) is 0 Å². The Morgan fingerprint density at radius 2 is 1.53 bits per heavy atom. The summed E-state index contributed by atoms with van der Waals surface area (Å²) in [5, 5.41) is 0. The molecule has 0 saturated heterocycles. The van der Waals surface area contributed by atoms with Crippen LogP contribution < -0.4 is 5.46 Å². The summed E-state index contributed by atoms with van der Waals surface area (Å²) in [6.45, 7) is 10.2. The van der Waals surface area contributed by atoms with Crippen LogP contribution in [0.5, 0.6) is 0 Å². The Labute approximate surface area is 119 Å². The Balaban J connectivity index is 0. The Kier molecular flexibility index (Phi) is 10.8. The first-order valence-corrected chi connectivity index (χ1v) is 6.61. The summed E-state index contributed by atoms with van der Waals surface area (Å²) in [5.74, 6) is 0. The maximum absolute atomic E-state index is 5.94. The Morgan fingerprint density at radius 3 is 2.00 bits per heavy atom. The molecule has 1 aromatic rings. The van der Waals surface area contributed by atoms with Crippen LogP contribution in [0.1, 0.15) is 39.7 Å². The maximum atomic E-state index is 5.94. The van der Waals surface area contributed by atoms with Crippen molar-refractivity contribution in [1.29, 1.82) is 0 Å². The molecular weight excluding hydrogens is 237 g/mol. The quantitative estimate of drug-likeness (QED) is 0.739. The summed E-state index contributed by atoms with van der Waals surface area (Å²) < 4.78 is 0. The van der Waals surface area contributed by atoms with Crippen molar-refractivity contribution in [3.05, 3.63) is 29.8 Å². The number of rotatable bonds is 6. The SMILES string of the molecule is [B+2]c1ccccc1CCCN(C(C)C)C(C)C.[OH-].[OH-]. The number of hydrogen-bond acceptors (Lipinski definition) is 3. The molecular formula is C15H26BNO2. The van der Waals surface area contributed by atoms with E-state index in [-0.39, 0.29) is 11.0 Å². The van der Waals surface area contributed by atoms with Crippen LogP contribution in [0.15, 0.2) is 24.3 Å². The fraction of sp³-hybridized carbons (Fsp3) is 0.600. The van der Waals surface area contributed by atoms with Gasteiger partial charge >= 0.3 is 107 Å². The minimum atomic E-state index is 0. The molecule has 0 unspecified atom stereocenters. The summed E-state index contributed by atoms with van der Waals surface area (Å²) in [7, 11) is 5.94. The number of nitrogens with zero attached hydrogens (tertiary/aromatic N) is 1. The molecule has 0 aliphatic rings. The number of aryl methyl sites for hydroxylation is 1. The molecule has 0 bridgehead atoms. The zero-order valence-electron chi connectivity index (χ0n) is 12.5. The van der Waals surface area contributed by atoms with E-state index in [2.05, 4.69) is 44.7 Å². The summed E-state index contributed by atoms with van der Waals surface area (Å²) in [6.07, 6.45) is 2.24. The average molecular weight is 263 g/mol. The summed E-state index contributed by atoms with van der Waals surface area (Å²) >= 11 is 0. The predicted molar refractivity (Wildman–Crippen MR) is 81.0 cm³/mol. The molecule has 0 fully saturated rings. The van der Waals surface area contributed by atoms with Gasteiger partial charge in [0.2, 0.25) is 0 Å². The molecule has 1 rings (SSSR count). The topological polar surface area (TPSA) is 63.2 Å². The second-order valence-electron chi connectivity index (χ2n) is 5.23. The molecule has 106 valence electrons. The number of hydrogen-bond donors (Lipinski definition) is 0. The van der Waals surface area contributed by atoms with Gasteiger partial charge in [-0.15, -0.1) is 0 Å². The van der Waals surface area contributed by atoms with Gasteiger partial charge in [-0.05, 0) is 0 Å². The third kappa shape index (κ3) is 6.76. The van der Waals surface area contributed by atoms with Gasteiger partial charge in [0.15, 0.2) is 0 Å². The van der Waals surface area contributed by atoms with Crippen LogP contribution in [0.4, 0.5) is 0 Å². The second kappa shape index (κ2) is 10.0. The Morgan fingerprint density at radius 1 is 1.00 bits per heavy atom. The molecule has 0 amide bonds. The van der Waals surface area contributed by atoms with Gasteiger partial charge < -0.3 is 11.0 Å². The molecule has 0 aromatic heterocycles.